The van der Waals surface area contributed by atoms with Gasteiger partial charge in [0.2, 0.25) is 0 Å². The third kappa shape index (κ3) is 4.47. The van der Waals surface area contributed by atoms with Gasteiger partial charge in [0.05, 0.1) is 45.9 Å². The first-order valence-electron chi connectivity index (χ1n) is 9.04. The normalized spacial score (nSPS) is 11.8. The van der Waals surface area contributed by atoms with E-state index in [2.05, 4.69) is 36.3 Å². The molecule has 1 aromatic carbocycles. The number of halogens is 4. The van der Waals surface area contributed by atoms with Gasteiger partial charge in [0, 0.05) is 15.2 Å². The number of carbonyl (C=O) groups is 1. The maximum Gasteiger partial charge on any atom is 0.433 e. The van der Waals surface area contributed by atoms with Gasteiger partial charge in [0.25, 0.3) is 5.91 Å². The second-order valence-electron chi connectivity index (χ2n) is 6.83. The Kier molecular flexibility index (Phi) is 5.56. The molecule has 0 saturated heterocycles. The van der Waals surface area contributed by atoms with Crippen LogP contribution in [-0.4, -0.2) is 25.7 Å². The Labute approximate surface area is 187 Å². The summed E-state index contributed by atoms with van der Waals surface area (Å²) in [6.45, 7) is 4.10. The van der Waals surface area contributed by atoms with Crippen LogP contribution in [0.25, 0.3) is 10.9 Å². The minimum atomic E-state index is -4.68. The molecule has 3 aromatic heterocycles. The zero-order valence-electron chi connectivity index (χ0n) is 16.3. The molecule has 0 aliphatic rings. The molecular weight excluding hydrogens is 495 g/mol. The lowest BCUT2D eigenvalue weighted by Crippen LogP contribution is -2.16. The first-order chi connectivity index (χ1) is 14.6. The summed E-state index contributed by atoms with van der Waals surface area (Å²) in [5.74, 6) is -0.678. The molecule has 0 fully saturated rings. The number of amides is 1. The van der Waals surface area contributed by atoms with Crippen molar-refractivity contribution < 1.29 is 18.0 Å². The van der Waals surface area contributed by atoms with Crippen molar-refractivity contribution in [2.45, 2.75) is 26.6 Å². The third-order valence-electron chi connectivity index (χ3n) is 4.64. The number of thiazole rings is 1. The van der Waals surface area contributed by atoms with Crippen LogP contribution in [0.5, 0.6) is 0 Å². The average molecular weight is 510 g/mol. The van der Waals surface area contributed by atoms with E-state index in [1.54, 1.807) is 23.7 Å². The third-order valence-corrected chi connectivity index (χ3v) is 5.95. The van der Waals surface area contributed by atoms with Gasteiger partial charge in [0.15, 0.2) is 0 Å². The predicted octanol–water partition coefficient (Wildman–Crippen LogP) is 5.59. The Morgan fingerprint density at radius 1 is 1.23 bits per heavy atom. The second-order valence-corrected chi connectivity index (χ2v) is 8.81. The monoisotopic (exact) mass is 509 g/mol. The van der Waals surface area contributed by atoms with Gasteiger partial charge < -0.3 is 5.32 Å². The Balaban J connectivity index is 1.68. The van der Waals surface area contributed by atoms with Crippen LogP contribution in [0.3, 0.4) is 0 Å². The molecule has 4 rings (SSSR count). The molecule has 4 aromatic rings. The molecule has 0 aliphatic heterocycles. The van der Waals surface area contributed by atoms with Crippen LogP contribution < -0.4 is 5.32 Å². The molecule has 1 amide bonds. The van der Waals surface area contributed by atoms with Crippen molar-refractivity contribution in [3.63, 3.8) is 0 Å². The lowest BCUT2D eigenvalue weighted by Gasteiger charge is -2.12. The van der Waals surface area contributed by atoms with Gasteiger partial charge in [-0.3, -0.25) is 9.48 Å². The number of anilines is 1. The molecule has 11 heteroatoms. The van der Waals surface area contributed by atoms with Gasteiger partial charge in [-0.2, -0.15) is 18.3 Å². The summed E-state index contributed by atoms with van der Waals surface area (Å²) in [6.07, 6.45) is -3.21. The van der Waals surface area contributed by atoms with Crippen LogP contribution in [0.1, 0.15) is 32.4 Å². The van der Waals surface area contributed by atoms with Gasteiger partial charge in [-0.15, -0.1) is 11.3 Å². The summed E-state index contributed by atoms with van der Waals surface area (Å²) >= 11 is 4.81. The fourth-order valence-corrected chi connectivity index (χ4v) is 4.05. The van der Waals surface area contributed by atoms with E-state index in [1.165, 1.54) is 23.6 Å². The molecular formula is C20H15BrF3N5OS. The molecule has 0 unspecified atom stereocenters. The topological polar surface area (TPSA) is 72.7 Å². The van der Waals surface area contributed by atoms with E-state index in [4.69, 9.17) is 0 Å². The number of aromatic nitrogens is 4. The summed E-state index contributed by atoms with van der Waals surface area (Å²) in [7, 11) is 0. The number of alkyl halides is 3. The molecule has 160 valence electrons. The lowest BCUT2D eigenvalue weighted by atomic mass is 10.1. The molecule has 0 aliphatic carbocycles. The van der Waals surface area contributed by atoms with E-state index in [1.807, 2.05) is 12.3 Å². The molecule has 0 radical (unpaired) electrons. The number of hydrogen-bond donors (Lipinski definition) is 1. The molecule has 1 N–H and O–H groups in total. The highest BCUT2D eigenvalue weighted by atomic mass is 79.9. The minimum absolute atomic E-state index is 0.0782. The number of nitrogens with zero attached hydrogens (tertiary/aromatic N) is 4. The van der Waals surface area contributed by atoms with E-state index in [0.29, 0.717) is 27.8 Å². The van der Waals surface area contributed by atoms with Crippen LogP contribution in [0.2, 0.25) is 0 Å². The van der Waals surface area contributed by atoms with Gasteiger partial charge in [0.1, 0.15) is 5.69 Å². The highest BCUT2D eigenvalue weighted by Gasteiger charge is 2.34. The molecule has 31 heavy (non-hydrogen) atoms. The quantitative estimate of drug-likeness (QED) is 0.389. The Morgan fingerprint density at radius 3 is 2.68 bits per heavy atom. The molecule has 6 nitrogen and oxygen atoms in total. The minimum Gasteiger partial charge on any atom is -0.319 e. The van der Waals surface area contributed by atoms with E-state index >= 15 is 0 Å². The van der Waals surface area contributed by atoms with Crippen molar-refractivity contribution in [3.8, 4) is 0 Å². The Morgan fingerprint density at radius 2 is 2.00 bits per heavy atom. The van der Waals surface area contributed by atoms with E-state index in [0.717, 1.165) is 16.8 Å². The van der Waals surface area contributed by atoms with Gasteiger partial charge in [-0.25, -0.2) is 9.97 Å². The molecule has 0 atom stereocenters. The maximum absolute atomic E-state index is 13.3. The van der Waals surface area contributed by atoms with Crippen molar-refractivity contribution >= 4 is 49.8 Å². The summed E-state index contributed by atoms with van der Waals surface area (Å²) in [6, 6.07) is 5.34. The smallest absolute Gasteiger partial charge is 0.319 e. The first-order valence-corrected chi connectivity index (χ1v) is 10.7. The SMILES string of the molecule is Cc1nc(Cn2ncc(NC(=O)c3cc(C(F)(F)F)nc4ccc(Br)cc34)c2C)cs1. The number of aryl methyl sites for hydroxylation is 1. The fourth-order valence-electron chi connectivity index (χ4n) is 3.08. The number of carbonyl (C=O) groups excluding carboxylic acids is 1. The molecule has 0 saturated carbocycles. The molecule has 0 spiro atoms. The summed E-state index contributed by atoms with van der Waals surface area (Å²) in [5.41, 5.74) is 0.737. The Hall–Kier alpha value is -2.79. The van der Waals surface area contributed by atoms with Crippen LogP contribution >= 0.6 is 27.3 Å². The van der Waals surface area contributed by atoms with Gasteiger partial charge in [-0.05, 0) is 38.1 Å². The number of benzene rings is 1. The first kappa shape index (κ1) is 21.4. The zero-order chi connectivity index (χ0) is 22.3. The van der Waals surface area contributed by atoms with Crippen LogP contribution in [0.15, 0.2) is 40.3 Å². The fraction of sp³-hybridized carbons (Fsp3) is 0.200. The average Bonchev–Trinajstić information content (AvgIpc) is 3.26. The highest BCUT2D eigenvalue weighted by Crippen LogP contribution is 2.32. The Bertz CT molecular complexity index is 1300. The number of rotatable bonds is 4. The summed E-state index contributed by atoms with van der Waals surface area (Å²) in [4.78, 5) is 21.0. The number of hydrogen-bond acceptors (Lipinski definition) is 5. The maximum atomic E-state index is 13.3. The van der Waals surface area contributed by atoms with Crippen molar-refractivity contribution in [2.24, 2.45) is 0 Å². The van der Waals surface area contributed by atoms with Crippen LogP contribution in [0, 0.1) is 13.8 Å². The molecule has 0 bridgehead atoms. The van der Waals surface area contributed by atoms with Crippen LogP contribution in [-0.2, 0) is 12.7 Å². The van der Waals surface area contributed by atoms with Crippen LogP contribution in [0.4, 0.5) is 18.9 Å². The number of nitrogens with one attached hydrogen (secondary N) is 1. The van der Waals surface area contributed by atoms with E-state index in [9.17, 15) is 18.0 Å². The van der Waals surface area contributed by atoms with Crippen molar-refractivity contribution in [1.29, 1.82) is 0 Å². The lowest BCUT2D eigenvalue weighted by molar-refractivity contribution is -0.140. The van der Waals surface area contributed by atoms with Gasteiger partial charge >= 0.3 is 6.18 Å². The predicted molar refractivity (Wildman–Crippen MR) is 115 cm³/mol. The highest BCUT2D eigenvalue weighted by molar-refractivity contribution is 9.10. The number of fused-ring (bicyclic) bond motifs is 1. The van der Waals surface area contributed by atoms with Crippen molar-refractivity contribution in [1.82, 2.24) is 19.7 Å². The zero-order valence-corrected chi connectivity index (χ0v) is 18.7. The molecule has 3 heterocycles. The van der Waals surface area contributed by atoms with Crippen molar-refractivity contribution in [2.75, 3.05) is 5.32 Å². The van der Waals surface area contributed by atoms with E-state index < -0.39 is 17.8 Å². The van der Waals surface area contributed by atoms with Gasteiger partial charge in [-0.1, -0.05) is 15.9 Å². The number of pyridine rings is 1. The standard InChI is InChI=1S/C20H15BrF3N5OS/c1-10-17(7-25-29(10)8-13-9-31-11(2)26-13)28-19(30)15-6-18(20(22,23)24)27-16-4-3-12(21)5-14(15)16/h3-7,9H,8H2,1-2H3,(H,28,30). The largest absolute Gasteiger partial charge is 0.433 e. The second kappa shape index (κ2) is 8.04. The summed E-state index contributed by atoms with van der Waals surface area (Å²) < 4.78 is 42.3. The van der Waals surface area contributed by atoms with Crippen molar-refractivity contribution in [3.05, 3.63) is 68.0 Å². The summed E-state index contributed by atoms with van der Waals surface area (Å²) in [5, 5.41) is 10.1. The van der Waals surface area contributed by atoms with E-state index in [-0.39, 0.29) is 11.1 Å².